The Labute approximate surface area is 130 Å². The largest absolute Gasteiger partial charge is 0.240 e. The van der Waals surface area contributed by atoms with E-state index in [9.17, 15) is 21.2 Å². The normalized spacial score (nSPS) is 16.2. The number of halogens is 1. The minimum Gasteiger partial charge on any atom is -0.212 e. The van der Waals surface area contributed by atoms with E-state index in [1.807, 2.05) is 0 Å². The first-order valence-corrected chi connectivity index (χ1v) is 10.2. The van der Waals surface area contributed by atoms with Gasteiger partial charge in [-0.25, -0.2) is 25.9 Å². The molecule has 0 saturated heterocycles. The maximum Gasteiger partial charge on any atom is 0.240 e. The summed E-state index contributed by atoms with van der Waals surface area (Å²) in [6, 6.07) is 3.39. The molecule has 0 aliphatic heterocycles. The molecule has 22 heavy (non-hydrogen) atoms. The predicted octanol–water partition coefficient (Wildman–Crippen LogP) is 0.836. The molecule has 6 nitrogen and oxygen atoms in total. The minimum atomic E-state index is -3.79. The summed E-state index contributed by atoms with van der Waals surface area (Å²) in [6.07, 6.45) is 2.72. The molecule has 2 rings (SSSR count). The Bertz CT molecular complexity index is 758. The molecular weight excluding hydrogens is 331 g/mol. The number of hydrogen-bond acceptors (Lipinski definition) is 4. The highest BCUT2D eigenvalue weighted by Crippen LogP contribution is 2.28. The zero-order valence-electron chi connectivity index (χ0n) is 12.4. The number of aryl methyl sites for hydroxylation is 1. The summed E-state index contributed by atoms with van der Waals surface area (Å²) in [5.74, 6) is -0.506. The molecular formula is C13H19FN2O4S2. The number of sulfonamides is 2. The van der Waals surface area contributed by atoms with Crippen LogP contribution in [0.5, 0.6) is 0 Å². The second-order valence-electron chi connectivity index (χ2n) is 5.41. The molecule has 0 radical (unpaired) electrons. The number of nitrogens with one attached hydrogen (secondary N) is 1. The second kappa shape index (κ2) is 6.23. The summed E-state index contributed by atoms with van der Waals surface area (Å²) in [4.78, 5) is -0.00812. The Morgan fingerprint density at radius 3 is 2.41 bits per heavy atom. The van der Waals surface area contributed by atoms with Crippen molar-refractivity contribution < 1.29 is 21.2 Å². The Balaban J connectivity index is 2.03. The summed E-state index contributed by atoms with van der Waals surface area (Å²) in [7, 11) is -7.14. The standard InChI is InChI=1S/C13H19FN2O4S2/c1-10-9-11(14)3-6-13(10)22(19,20)15-7-8-16(12-4-5-12)21(2,17)18/h3,6,9,12,15H,4-5,7-8H2,1-2H3. The van der Waals surface area contributed by atoms with Gasteiger partial charge in [0.15, 0.2) is 0 Å². The van der Waals surface area contributed by atoms with Gasteiger partial charge in [-0.3, -0.25) is 0 Å². The molecule has 0 amide bonds. The van der Waals surface area contributed by atoms with Crippen LogP contribution in [-0.2, 0) is 20.0 Å². The van der Waals surface area contributed by atoms with Crippen molar-refractivity contribution >= 4 is 20.0 Å². The quantitative estimate of drug-likeness (QED) is 0.790. The summed E-state index contributed by atoms with van der Waals surface area (Å²) in [6.45, 7) is 1.57. The zero-order valence-corrected chi connectivity index (χ0v) is 14.0. The minimum absolute atomic E-state index is 0.00812. The molecule has 9 heteroatoms. The fraction of sp³-hybridized carbons (Fsp3) is 0.538. The number of benzene rings is 1. The Morgan fingerprint density at radius 2 is 1.91 bits per heavy atom. The molecule has 1 fully saturated rings. The van der Waals surface area contributed by atoms with Gasteiger partial charge in [-0.05, 0) is 43.5 Å². The van der Waals surface area contributed by atoms with Crippen molar-refractivity contribution in [2.45, 2.75) is 30.7 Å². The molecule has 0 bridgehead atoms. The summed E-state index contributed by atoms with van der Waals surface area (Å²) in [5.41, 5.74) is 0.301. The molecule has 124 valence electrons. The average molecular weight is 350 g/mol. The van der Waals surface area contributed by atoms with E-state index in [2.05, 4.69) is 4.72 Å². The van der Waals surface area contributed by atoms with Crippen LogP contribution < -0.4 is 4.72 Å². The fourth-order valence-electron chi connectivity index (χ4n) is 2.26. The van der Waals surface area contributed by atoms with Crippen molar-refractivity contribution in [3.05, 3.63) is 29.6 Å². The van der Waals surface area contributed by atoms with E-state index < -0.39 is 25.9 Å². The van der Waals surface area contributed by atoms with Crippen molar-refractivity contribution in [1.29, 1.82) is 0 Å². The predicted molar refractivity (Wildman–Crippen MR) is 80.9 cm³/mol. The fourth-order valence-corrected chi connectivity index (χ4v) is 4.68. The van der Waals surface area contributed by atoms with Crippen LogP contribution in [0.3, 0.4) is 0 Å². The van der Waals surface area contributed by atoms with E-state index in [0.29, 0.717) is 5.56 Å². The second-order valence-corrected chi connectivity index (χ2v) is 9.08. The van der Waals surface area contributed by atoms with Crippen LogP contribution in [0, 0.1) is 12.7 Å². The lowest BCUT2D eigenvalue weighted by atomic mass is 10.2. The van der Waals surface area contributed by atoms with Crippen LogP contribution in [0.2, 0.25) is 0 Å². The Hall–Kier alpha value is -1.03. The first-order chi connectivity index (χ1) is 10.1. The maximum absolute atomic E-state index is 13.0. The van der Waals surface area contributed by atoms with Crippen LogP contribution in [0.15, 0.2) is 23.1 Å². The number of hydrogen-bond donors (Lipinski definition) is 1. The lowest BCUT2D eigenvalue weighted by molar-refractivity contribution is 0.409. The maximum atomic E-state index is 13.0. The molecule has 1 N–H and O–H groups in total. The van der Waals surface area contributed by atoms with Gasteiger partial charge in [0.1, 0.15) is 5.82 Å². The smallest absolute Gasteiger partial charge is 0.212 e. The summed E-state index contributed by atoms with van der Waals surface area (Å²) in [5, 5.41) is 0. The molecule has 0 aromatic heterocycles. The van der Waals surface area contributed by atoms with Gasteiger partial charge in [0, 0.05) is 19.1 Å². The van der Waals surface area contributed by atoms with Crippen LogP contribution in [0.1, 0.15) is 18.4 Å². The first kappa shape index (κ1) is 17.3. The van der Waals surface area contributed by atoms with E-state index in [0.717, 1.165) is 31.2 Å². The van der Waals surface area contributed by atoms with Crippen molar-refractivity contribution in [1.82, 2.24) is 9.03 Å². The third-order valence-electron chi connectivity index (χ3n) is 3.43. The molecule has 0 atom stereocenters. The van der Waals surface area contributed by atoms with Crippen LogP contribution in [0.4, 0.5) is 4.39 Å². The highest BCUT2D eigenvalue weighted by atomic mass is 32.2. The third kappa shape index (κ3) is 4.25. The van der Waals surface area contributed by atoms with Gasteiger partial charge in [-0.1, -0.05) is 0 Å². The lowest BCUT2D eigenvalue weighted by Gasteiger charge is -2.19. The van der Waals surface area contributed by atoms with Crippen LogP contribution in [0.25, 0.3) is 0 Å². The molecule has 0 unspecified atom stereocenters. The van der Waals surface area contributed by atoms with E-state index in [1.54, 1.807) is 0 Å². The van der Waals surface area contributed by atoms with E-state index >= 15 is 0 Å². The summed E-state index contributed by atoms with van der Waals surface area (Å²) < 4.78 is 64.3. The van der Waals surface area contributed by atoms with E-state index in [4.69, 9.17) is 0 Å². The summed E-state index contributed by atoms with van der Waals surface area (Å²) >= 11 is 0. The van der Waals surface area contributed by atoms with Crippen molar-refractivity contribution in [3.8, 4) is 0 Å². The lowest BCUT2D eigenvalue weighted by Crippen LogP contribution is -2.39. The average Bonchev–Trinajstić information content (AvgIpc) is 3.16. The molecule has 1 aromatic carbocycles. The van der Waals surface area contributed by atoms with Gasteiger partial charge in [0.25, 0.3) is 0 Å². The molecule has 0 spiro atoms. The number of nitrogens with zero attached hydrogens (tertiary/aromatic N) is 1. The number of rotatable bonds is 7. The van der Waals surface area contributed by atoms with Crippen molar-refractivity contribution in [3.63, 3.8) is 0 Å². The highest BCUT2D eigenvalue weighted by molar-refractivity contribution is 7.89. The SMILES string of the molecule is Cc1cc(F)ccc1S(=O)(=O)NCCN(C1CC1)S(C)(=O)=O. The van der Waals surface area contributed by atoms with E-state index in [1.165, 1.54) is 17.3 Å². The van der Waals surface area contributed by atoms with Gasteiger partial charge in [0.2, 0.25) is 20.0 Å². The first-order valence-electron chi connectivity index (χ1n) is 6.84. The Kier molecular flexibility index (Phi) is 4.90. The highest BCUT2D eigenvalue weighted by Gasteiger charge is 2.34. The van der Waals surface area contributed by atoms with Crippen LogP contribution >= 0.6 is 0 Å². The zero-order chi connectivity index (χ0) is 16.5. The topological polar surface area (TPSA) is 83.6 Å². The molecule has 1 aromatic rings. The molecule has 0 heterocycles. The van der Waals surface area contributed by atoms with Gasteiger partial charge < -0.3 is 0 Å². The van der Waals surface area contributed by atoms with Crippen molar-refractivity contribution in [2.75, 3.05) is 19.3 Å². The van der Waals surface area contributed by atoms with Gasteiger partial charge in [0.05, 0.1) is 11.2 Å². The van der Waals surface area contributed by atoms with Gasteiger partial charge in [-0.15, -0.1) is 0 Å². The molecule has 1 saturated carbocycles. The van der Waals surface area contributed by atoms with Crippen LogP contribution in [-0.4, -0.2) is 46.5 Å². The third-order valence-corrected chi connectivity index (χ3v) is 6.38. The van der Waals surface area contributed by atoms with E-state index in [-0.39, 0.29) is 24.0 Å². The molecule has 1 aliphatic rings. The van der Waals surface area contributed by atoms with Gasteiger partial charge in [-0.2, -0.15) is 4.31 Å². The van der Waals surface area contributed by atoms with Gasteiger partial charge >= 0.3 is 0 Å². The van der Waals surface area contributed by atoms with Crippen molar-refractivity contribution in [2.24, 2.45) is 0 Å². The molecule has 1 aliphatic carbocycles. The Morgan fingerprint density at radius 1 is 1.27 bits per heavy atom. The monoisotopic (exact) mass is 350 g/mol.